The van der Waals surface area contributed by atoms with Gasteiger partial charge in [0, 0.05) is 30.3 Å². The fourth-order valence-corrected chi connectivity index (χ4v) is 5.25. The predicted octanol–water partition coefficient (Wildman–Crippen LogP) is 4.65. The first-order chi connectivity index (χ1) is 18.3. The van der Waals surface area contributed by atoms with Crippen molar-refractivity contribution < 1.29 is 50.9 Å². The summed E-state index contributed by atoms with van der Waals surface area (Å²) in [6.07, 6.45) is -9.93. The number of thiazole rings is 1. The van der Waals surface area contributed by atoms with E-state index in [0.717, 1.165) is 19.6 Å². The van der Waals surface area contributed by atoms with Gasteiger partial charge in [0.15, 0.2) is 5.01 Å². The summed E-state index contributed by atoms with van der Waals surface area (Å²) >= 11 is 0.680. The molecule has 15 heteroatoms. The largest absolute Gasteiger partial charge is 0.496 e. The third-order valence-corrected chi connectivity index (χ3v) is 7.54. The Morgan fingerprint density at radius 3 is 2.27 bits per heavy atom. The number of piperidine rings is 1. The van der Waals surface area contributed by atoms with Crippen LogP contribution < -0.4 is 10.1 Å². The smallest absolute Gasteiger partial charge is 0.430 e. The van der Waals surface area contributed by atoms with Gasteiger partial charge in [-0.25, -0.2) is 4.98 Å². The van der Waals surface area contributed by atoms with Crippen molar-refractivity contribution in [2.75, 3.05) is 20.2 Å². The molecule has 3 rings (SSSR count). The number of nitrogens with zero attached hydrogens (tertiary/aromatic N) is 2. The van der Waals surface area contributed by atoms with Crippen LogP contribution in [0.25, 0.3) is 10.4 Å². The second-order valence-corrected chi connectivity index (χ2v) is 11.2. The normalized spacial score (nSPS) is 17.1. The molecule has 1 aliphatic heterocycles. The zero-order valence-corrected chi connectivity index (χ0v) is 22.9. The minimum Gasteiger partial charge on any atom is -0.496 e. The molecule has 2 amide bonds. The van der Waals surface area contributed by atoms with Crippen molar-refractivity contribution in [2.45, 2.75) is 69.6 Å². The van der Waals surface area contributed by atoms with Crippen molar-refractivity contribution in [3.05, 3.63) is 34.5 Å². The zero-order valence-electron chi connectivity index (χ0n) is 22.0. The number of rotatable bonds is 7. The van der Waals surface area contributed by atoms with Crippen LogP contribution in [0.4, 0.5) is 26.3 Å². The highest BCUT2D eigenvalue weighted by molar-refractivity contribution is 7.17. The number of hydrogen-bond acceptors (Lipinski definition) is 7. The number of carbonyl (C=O) groups is 2. The van der Waals surface area contributed by atoms with Crippen LogP contribution in [0.15, 0.2) is 18.2 Å². The van der Waals surface area contributed by atoms with Crippen molar-refractivity contribution in [3.63, 3.8) is 0 Å². The summed E-state index contributed by atoms with van der Waals surface area (Å²) < 4.78 is 85.9. The molecule has 40 heavy (non-hydrogen) atoms. The minimum absolute atomic E-state index is 0.0258. The van der Waals surface area contributed by atoms with Crippen LogP contribution in [-0.2, 0) is 5.60 Å². The van der Waals surface area contributed by atoms with Gasteiger partial charge in [0.2, 0.25) is 0 Å². The second-order valence-electron chi connectivity index (χ2n) is 10.2. The third-order valence-electron chi connectivity index (χ3n) is 6.45. The maximum absolute atomic E-state index is 13.6. The lowest BCUT2D eigenvalue weighted by Crippen LogP contribution is -2.53. The number of nitrogens with one attached hydrogen (secondary N) is 1. The molecule has 0 aliphatic carbocycles. The maximum atomic E-state index is 13.6. The highest BCUT2D eigenvalue weighted by atomic mass is 32.1. The Labute approximate surface area is 230 Å². The number of halogens is 6. The van der Waals surface area contributed by atoms with Gasteiger partial charge in [-0.05, 0) is 52.2 Å². The van der Waals surface area contributed by atoms with Crippen molar-refractivity contribution in [3.8, 4) is 16.2 Å². The molecular weight excluding hydrogens is 568 g/mol. The van der Waals surface area contributed by atoms with E-state index in [2.05, 4.69) is 10.3 Å². The number of ether oxygens (including phenoxy) is 1. The van der Waals surface area contributed by atoms with Crippen molar-refractivity contribution in [1.82, 2.24) is 15.2 Å². The molecular formula is C25H29F6N3O5S. The van der Waals surface area contributed by atoms with Gasteiger partial charge < -0.3 is 25.2 Å². The van der Waals surface area contributed by atoms with Crippen LogP contribution in [0.1, 0.15) is 65.9 Å². The number of aliphatic hydroxyl groups is 2. The molecule has 3 N–H and O–H groups in total. The SMILES string of the molecule is COc1cc(C(O)(C(F)(F)F)C(F)(F)F)ccc1-c1sc(C(=O)NCC(C)(C)O)nc1C(=O)N1CCCCC1C. The molecule has 2 aromatic rings. The average Bonchev–Trinajstić information content (AvgIpc) is 3.29. The monoisotopic (exact) mass is 597 g/mol. The van der Waals surface area contributed by atoms with Gasteiger partial charge in [0.1, 0.15) is 11.4 Å². The molecule has 1 aliphatic rings. The number of aromatic nitrogens is 1. The number of amides is 2. The number of hydrogen-bond donors (Lipinski definition) is 3. The van der Waals surface area contributed by atoms with E-state index in [9.17, 15) is 46.1 Å². The highest BCUT2D eigenvalue weighted by Gasteiger charge is 2.71. The molecule has 1 fully saturated rings. The van der Waals surface area contributed by atoms with Gasteiger partial charge in [-0.15, -0.1) is 11.3 Å². The summed E-state index contributed by atoms with van der Waals surface area (Å²) in [6, 6.07) is 1.49. The van der Waals surface area contributed by atoms with Crippen molar-refractivity contribution in [1.29, 1.82) is 0 Å². The van der Waals surface area contributed by atoms with Gasteiger partial charge in [0.05, 0.1) is 17.6 Å². The van der Waals surface area contributed by atoms with E-state index < -0.39 is 46.7 Å². The molecule has 222 valence electrons. The highest BCUT2D eigenvalue weighted by Crippen LogP contribution is 2.51. The molecule has 8 nitrogen and oxygen atoms in total. The molecule has 1 aromatic heterocycles. The Balaban J connectivity index is 2.17. The topological polar surface area (TPSA) is 112 Å². The first-order valence-electron chi connectivity index (χ1n) is 12.2. The van der Waals surface area contributed by atoms with E-state index in [-0.39, 0.29) is 33.7 Å². The Bertz CT molecular complexity index is 1240. The minimum atomic E-state index is -6.11. The van der Waals surface area contributed by atoms with E-state index in [1.54, 1.807) is 0 Å². The summed E-state index contributed by atoms with van der Waals surface area (Å²) in [5.41, 5.74) is -8.35. The Kier molecular flexibility index (Phi) is 8.82. The maximum Gasteiger partial charge on any atom is 0.430 e. The summed E-state index contributed by atoms with van der Waals surface area (Å²) in [7, 11) is 0.995. The average molecular weight is 598 g/mol. The van der Waals surface area contributed by atoms with E-state index >= 15 is 0 Å². The molecule has 0 spiro atoms. The van der Waals surface area contributed by atoms with Gasteiger partial charge in [0.25, 0.3) is 17.4 Å². The molecule has 1 unspecified atom stereocenters. The van der Waals surface area contributed by atoms with Crippen LogP contribution in [0.3, 0.4) is 0 Å². The number of methoxy groups -OCH3 is 1. The first kappa shape index (κ1) is 31.6. The van der Waals surface area contributed by atoms with Gasteiger partial charge in [-0.3, -0.25) is 9.59 Å². The molecule has 0 bridgehead atoms. The van der Waals surface area contributed by atoms with Crippen LogP contribution >= 0.6 is 11.3 Å². The zero-order chi connectivity index (χ0) is 30.3. The number of benzene rings is 1. The summed E-state index contributed by atoms with van der Waals surface area (Å²) in [4.78, 5) is 32.1. The second kappa shape index (κ2) is 11.2. The van der Waals surface area contributed by atoms with E-state index in [1.807, 2.05) is 6.92 Å². The molecule has 0 radical (unpaired) electrons. The third kappa shape index (κ3) is 6.20. The molecule has 0 saturated carbocycles. The van der Waals surface area contributed by atoms with Crippen LogP contribution in [-0.4, -0.2) is 76.1 Å². The van der Waals surface area contributed by atoms with Crippen molar-refractivity contribution >= 4 is 23.2 Å². The Morgan fingerprint density at radius 1 is 1.12 bits per heavy atom. The summed E-state index contributed by atoms with van der Waals surface area (Å²) in [5, 5.41) is 22.0. The van der Waals surface area contributed by atoms with Crippen LogP contribution in [0.5, 0.6) is 5.75 Å². The lowest BCUT2D eigenvalue weighted by atomic mass is 9.90. The molecule has 1 atom stereocenters. The van der Waals surface area contributed by atoms with Crippen LogP contribution in [0, 0.1) is 0 Å². The van der Waals surface area contributed by atoms with Crippen molar-refractivity contribution in [2.24, 2.45) is 0 Å². The van der Waals surface area contributed by atoms with Gasteiger partial charge in [-0.1, -0.05) is 6.07 Å². The van der Waals surface area contributed by atoms with Gasteiger partial charge >= 0.3 is 12.4 Å². The van der Waals surface area contributed by atoms with E-state index in [1.165, 1.54) is 18.7 Å². The predicted molar refractivity (Wildman–Crippen MR) is 133 cm³/mol. The molecule has 2 heterocycles. The number of carbonyl (C=O) groups excluding carboxylic acids is 2. The Hall–Kier alpha value is -2.91. The molecule has 1 saturated heterocycles. The quantitative estimate of drug-likeness (QED) is 0.401. The van der Waals surface area contributed by atoms with Gasteiger partial charge in [-0.2, -0.15) is 26.3 Å². The van der Waals surface area contributed by atoms with E-state index in [4.69, 9.17) is 4.74 Å². The fraction of sp³-hybridized carbons (Fsp3) is 0.560. The lowest BCUT2D eigenvalue weighted by molar-refractivity contribution is -0.376. The van der Waals surface area contributed by atoms with Crippen LogP contribution in [0.2, 0.25) is 0 Å². The summed E-state index contributed by atoms with van der Waals surface area (Å²) in [5.74, 6) is -1.84. The van der Waals surface area contributed by atoms with E-state index in [0.29, 0.717) is 42.9 Å². The summed E-state index contributed by atoms with van der Waals surface area (Å²) in [6.45, 7) is 4.94. The first-order valence-corrected chi connectivity index (χ1v) is 13.0. The lowest BCUT2D eigenvalue weighted by Gasteiger charge is -2.33. The number of likely N-dealkylation sites (tertiary alicyclic amines) is 1. The number of alkyl halides is 6. The Morgan fingerprint density at radius 2 is 1.75 bits per heavy atom. The fourth-order valence-electron chi connectivity index (χ4n) is 4.24. The molecule has 1 aromatic carbocycles. The standard InChI is InChI=1S/C25H29F6N3O5S/c1-13-7-5-6-10-34(13)21(36)17-18(40-20(33-17)19(35)32-12-22(2,3)37)15-9-8-14(11-16(15)39-4)23(38,24(26,27)28)25(29,30)31/h8-9,11,13,37-38H,5-7,10,12H2,1-4H3,(H,32,35).